The molecule has 108 valence electrons. The van der Waals surface area contributed by atoms with Crippen molar-refractivity contribution in [3.63, 3.8) is 0 Å². The van der Waals surface area contributed by atoms with Crippen molar-refractivity contribution in [2.75, 3.05) is 18.2 Å². The number of hydrogen-bond acceptors (Lipinski definition) is 5. The van der Waals surface area contributed by atoms with Crippen molar-refractivity contribution in [1.82, 2.24) is 4.90 Å². The Bertz CT molecular complexity index is 351. The maximum Gasteiger partial charge on any atom is 0.327 e. The highest BCUT2D eigenvalue weighted by Crippen LogP contribution is 2.24. The minimum absolute atomic E-state index is 0.168. The van der Waals surface area contributed by atoms with E-state index in [0.717, 1.165) is 6.42 Å². The van der Waals surface area contributed by atoms with Crippen molar-refractivity contribution < 1.29 is 24.5 Å². The van der Waals surface area contributed by atoms with Crippen molar-refractivity contribution >= 4 is 23.6 Å². The minimum atomic E-state index is -0.952. The third-order valence-electron chi connectivity index (χ3n) is 3.54. The number of rotatable bonds is 4. The van der Waals surface area contributed by atoms with E-state index in [4.69, 9.17) is 9.84 Å². The van der Waals surface area contributed by atoms with Crippen LogP contribution in [0.4, 0.5) is 0 Å². The van der Waals surface area contributed by atoms with E-state index in [1.165, 1.54) is 16.7 Å². The Balaban J connectivity index is 1.82. The third-order valence-corrected chi connectivity index (χ3v) is 4.55. The summed E-state index contributed by atoms with van der Waals surface area (Å²) in [5, 5.41) is 18.8. The Morgan fingerprint density at radius 2 is 2.21 bits per heavy atom. The van der Waals surface area contributed by atoms with Gasteiger partial charge in [-0.3, -0.25) is 4.79 Å². The molecule has 2 aliphatic rings. The van der Waals surface area contributed by atoms with E-state index in [-0.39, 0.29) is 18.4 Å². The summed E-state index contributed by atoms with van der Waals surface area (Å²) in [6.45, 7) is 0.618. The second-order valence-corrected chi connectivity index (χ2v) is 5.87. The van der Waals surface area contributed by atoms with E-state index in [9.17, 15) is 14.7 Å². The average molecular weight is 289 g/mol. The number of aliphatic hydroxyl groups excluding tert-OH is 1. The van der Waals surface area contributed by atoms with Gasteiger partial charge in [0.25, 0.3) is 0 Å². The summed E-state index contributed by atoms with van der Waals surface area (Å²) in [7, 11) is 0. The van der Waals surface area contributed by atoms with Gasteiger partial charge in [-0.05, 0) is 19.3 Å². The maximum absolute atomic E-state index is 12.0. The summed E-state index contributed by atoms with van der Waals surface area (Å²) in [4.78, 5) is 24.4. The summed E-state index contributed by atoms with van der Waals surface area (Å²) in [6, 6.07) is -0.713. The molecule has 0 aromatic heterocycles. The number of carboxylic acid groups (broad SMARTS) is 1. The molecule has 2 aliphatic heterocycles. The van der Waals surface area contributed by atoms with Gasteiger partial charge >= 0.3 is 5.97 Å². The number of thioether (sulfide) groups is 1. The molecule has 7 heteroatoms. The van der Waals surface area contributed by atoms with Gasteiger partial charge in [0.05, 0.1) is 18.1 Å². The quantitative estimate of drug-likeness (QED) is 0.773. The van der Waals surface area contributed by atoms with Crippen molar-refractivity contribution in [2.24, 2.45) is 0 Å². The number of amides is 1. The Kier molecular flexibility index (Phi) is 5.06. The molecule has 2 N–H and O–H groups in total. The van der Waals surface area contributed by atoms with Crippen LogP contribution in [0.5, 0.6) is 0 Å². The monoisotopic (exact) mass is 289 g/mol. The molecule has 0 aliphatic carbocycles. The first-order valence-corrected chi connectivity index (χ1v) is 7.64. The van der Waals surface area contributed by atoms with Gasteiger partial charge in [0.1, 0.15) is 6.04 Å². The molecule has 19 heavy (non-hydrogen) atoms. The predicted octanol–water partition coefficient (Wildman–Crippen LogP) is 0.293. The number of aliphatic hydroxyl groups is 1. The van der Waals surface area contributed by atoms with E-state index in [1.807, 2.05) is 0 Å². The normalized spacial score (nSPS) is 31.4. The summed E-state index contributed by atoms with van der Waals surface area (Å²) >= 11 is 1.45. The van der Waals surface area contributed by atoms with Crippen molar-refractivity contribution in [3.05, 3.63) is 0 Å². The molecule has 1 amide bonds. The van der Waals surface area contributed by atoms with E-state index in [2.05, 4.69) is 0 Å². The lowest BCUT2D eigenvalue weighted by atomic mass is 10.0. The van der Waals surface area contributed by atoms with Crippen LogP contribution in [-0.2, 0) is 14.3 Å². The second kappa shape index (κ2) is 6.58. The molecular weight excluding hydrogens is 270 g/mol. The molecule has 0 aromatic carbocycles. The minimum Gasteiger partial charge on any atom is -0.480 e. The fraction of sp³-hybridized carbons (Fsp3) is 0.833. The molecule has 0 radical (unpaired) electrons. The fourth-order valence-electron chi connectivity index (χ4n) is 2.40. The molecule has 0 aromatic rings. The Morgan fingerprint density at radius 1 is 1.42 bits per heavy atom. The fourth-order valence-corrected chi connectivity index (χ4v) is 3.57. The van der Waals surface area contributed by atoms with Gasteiger partial charge in [-0.2, -0.15) is 0 Å². The first kappa shape index (κ1) is 14.6. The van der Waals surface area contributed by atoms with Crippen LogP contribution in [0.15, 0.2) is 0 Å². The van der Waals surface area contributed by atoms with Gasteiger partial charge in [-0.1, -0.05) is 0 Å². The lowest BCUT2D eigenvalue weighted by Crippen LogP contribution is -2.42. The molecule has 0 saturated carbocycles. The predicted molar refractivity (Wildman–Crippen MR) is 69.8 cm³/mol. The van der Waals surface area contributed by atoms with E-state index >= 15 is 0 Å². The maximum atomic E-state index is 12.0. The van der Waals surface area contributed by atoms with Crippen molar-refractivity contribution in [1.29, 1.82) is 0 Å². The second-order valence-electron chi connectivity index (χ2n) is 4.87. The molecule has 2 heterocycles. The van der Waals surface area contributed by atoms with Crippen LogP contribution in [0, 0.1) is 0 Å². The highest BCUT2D eigenvalue weighted by Gasteiger charge is 2.35. The molecule has 6 nitrogen and oxygen atoms in total. The van der Waals surface area contributed by atoms with Gasteiger partial charge < -0.3 is 19.8 Å². The standard InChI is InChI=1S/C12H19NO5S/c14-9-2-1-5-18-10(9)3-4-11(15)13-7-19-6-8(13)12(16)17/h8-10,14H,1-7H2,(H,16,17)/t8-,9-,10-/m0/s1. The first-order valence-electron chi connectivity index (χ1n) is 6.49. The molecule has 0 bridgehead atoms. The largest absolute Gasteiger partial charge is 0.480 e. The van der Waals surface area contributed by atoms with Crippen molar-refractivity contribution in [3.8, 4) is 0 Å². The molecule has 0 unspecified atom stereocenters. The van der Waals surface area contributed by atoms with Crippen LogP contribution in [-0.4, -0.2) is 63.5 Å². The Morgan fingerprint density at radius 3 is 2.89 bits per heavy atom. The van der Waals surface area contributed by atoms with Gasteiger partial charge in [0.15, 0.2) is 0 Å². The van der Waals surface area contributed by atoms with Gasteiger partial charge in [0.2, 0.25) is 5.91 Å². The van der Waals surface area contributed by atoms with Crippen LogP contribution in [0.25, 0.3) is 0 Å². The van der Waals surface area contributed by atoms with Crippen LogP contribution >= 0.6 is 11.8 Å². The summed E-state index contributed by atoms with van der Waals surface area (Å²) in [5.41, 5.74) is 0. The highest BCUT2D eigenvalue weighted by atomic mass is 32.2. The number of hydrogen-bond donors (Lipinski definition) is 2. The summed E-state index contributed by atoms with van der Waals surface area (Å²) < 4.78 is 5.44. The zero-order valence-electron chi connectivity index (χ0n) is 10.7. The summed E-state index contributed by atoms with van der Waals surface area (Å²) in [6.07, 6.45) is 1.42. The zero-order chi connectivity index (χ0) is 13.8. The average Bonchev–Trinajstić information content (AvgIpc) is 2.87. The van der Waals surface area contributed by atoms with Crippen LogP contribution in [0.2, 0.25) is 0 Å². The number of carbonyl (C=O) groups is 2. The van der Waals surface area contributed by atoms with Gasteiger partial charge in [-0.25, -0.2) is 4.79 Å². The highest BCUT2D eigenvalue weighted by molar-refractivity contribution is 7.99. The molecule has 0 spiro atoms. The van der Waals surface area contributed by atoms with Crippen LogP contribution < -0.4 is 0 Å². The first-order chi connectivity index (χ1) is 9.09. The Labute approximate surface area is 116 Å². The number of carboxylic acids is 1. The van der Waals surface area contributed by atoms with Gasteiger partial charge in [0, 0.05) is 18.8 Å². The number of carbonyl (C=O) groups excluding carboxylic acids is 1. The van der Waals surface area contributed by atoms with Crippen LogP contribution in [0.1, 0.15) is 25.7 Å². The molecule has 2 rings (SSSR count). The molecular formula is C12H19NO5S. The number of aliphatic carboxylic acids is 1. The summed E-state index contributed by atoms with van der Waals surface area (Å²) in [5.74, 6) is -0.237. The van der Waals surface area contributed by atoms with Crippen molar-refractivity contribution in [2.45, 2.75) is 43.9 Å². The van der Waals surface area contributed by atoms with Crippen LogP contribution in [0.3, 0.4) is 0 Å². The molecule has 3 atom stereocenters. The van der Waals surface area contributed by atoms with E-state index in [1.54, 1.807) is 0 Å². The van der Waals surface area contributed by atoms with E-state index < -0.39 is 18.1 Å². The Hall–Kier alpha value is -0.790. The SMILES string of the molecule is O=C(O)[C@@H]1CSCN1C(=O)CC[C@@H]1OCCC[C@@H]1O. The number of ether oxygens (including phenoxy) is 1. The lowest BCUT2D eigenvalue weighted by molar-refractivity contribution is -0.148. The zero-order valence-corrected chi connectivity index (χ0v) is 11.5. The van der Waals surface area contributed by atoms with Gasteiger partial charge in [-0.15, -0.1) is 11.8 Å². The third kappa shape index (κ3) is 3.61. The smallest absolute Gasteiger partial charge is 0.327 e. The molecule has 2 saturated heterocycles. The topological polar surface area (TPSA) is 87.1 Å². The molecule has 2 fully saturated rings. The lowest BCUT2D eigenvalue weighted by Gasteiger charge is -2.28. The van der Waals surface area contributed by atoms with E-state index in [0.29, 0.717) is 31.1 Å². The number of nitrogens with zero attached hydrogens (tertiary/aromatic N) is 1.